The molecule has 4 rings (SSSR count). The molecule has 1 saturated heterocycles. The van der Waals surface area contributed by atoms with Crippen LogP contribution in [0.25, 0.3) is 0 Å². The number of para-hydroxylation sites is 1. The number of halogens is 3. The van der Waals surface area contributed by atoms with E-state index in [1.165, 1.54) is 25.1 Å². The number of fused-ring (bicyclic) bond motifs is 1. The number of hydrogen-bond acceptors (Lipinski definition) is 8. The Morgan fingerprint density at radius 3 is 2.45 bits per heavy atom. The second-order valence-electron chi connectivity index (χ2n) is 9.60. The molecular formula is C25H24BF3N4O9. The third-order valence-electron chi connectivity index (χ3n) is 6.75. The number of nitrogens with zero attached hydrogens (tertiary/aromatic N) is 2. The van der Waals surface area contributed by atoms with Gasteiger partial charge in [0.1, 0.15) is 35.8 Å². The minimum Gasteiger partial charge on any atom is -0.534 e. The number of phenolic OH excluding ortho intramolecular Hbond substituents is 1. The third kappa shape index (κ3) is 5.81. The van der Waals surface area contributed by atoms with E-state index in [0.717, 1.165) is 4.90 Å². The van der Waals surface area contributed by atoms with Gasteiger partial charge in [0.25, 0.3) is 0 Å². The van der Waals surface area contributed by atoms with E-state index in [0.29, 0.717) is 17.0 Å². The molecule has 5 amide bonds. The molecule has 0 saturated carbocycles. The van der Waals surface area contributed by atoms with Crippen LogP contribution in [0.5, 0.6) is 11.5 Å². The van der Waals surface area contributed by atoms with Crippen molar-refractivity contribution in [3.05, 3.63) is 58.7 Å². The summed E-state index contributed by atoms with van der Waals surface area (Å²) in [5.41, 5.74) is -1.02. The first-order valence-corrected chi connectivity index (χ1v) is 12.5. The van der Waals surface area contributed by atoms with Crippen LogP contribution in [-0.4, -0.2) is 93.6 Å². The lowest BCUT2D eigenvalue weighted by atomic mass is 9.72. The molecule has 42 heavy (non-hydrogen) atoms. The van der Waals surface area contributed by atoms with Crippen LogP contribution in [0.4, 0.5) is 18.0 Å². The molecule has 2 heterocycles. The number of piperazine rings is 1. The standard InChI is InChI=1S/C25H24BF3N4O9/c1-11-10-32(6-5-27)22(36)23(37)33(11)25(40)31-19(18-15(28)8-13(34)9-16(18)29)21(35)30-17-7-12-3-2-4-14(24(38)39)20(12)42-26(17)41/h2-4,8-9,11,17,19,34,41H,5-7,10H2,1H3,(H,30,35)(H,31,40)(H,38,39)/t11?,17-,19?/m0/s1. The maximum atomic E-state index is 14.9. The summed E-state index contributed by atoms with van der Waals surface area (Å²) in [5.74, 6) is -10.4. The molecule has 0 aromatic heterocycles. The highest BCUT2D eigenvalue weighted by Gasteiger charge is 2.44. The summed E-state index contributed by atoms with van der Waals surface area (Å²) in [6.45, 7) is -0.241. The number of phenols is 1. The molecule has 3 atom stereocenters. The number of carboxylic acids is 1. The number of hydrogen-bond donors (Lipinski definition) is 5. The van der Waals surface area contributed by atoms with E-state index in [1.807, 2.05) is 5.32 Å². The van der Waals surface area contributed by atoms with Gasteiger partial charge >= 0.3 is 30.9 Å². The zero-order valence-corrected chi connectivity index (χ0v) is 21.8. The molecule has 1 fully saturated rings. The molecule has 2 unspecified atom stereocenters. The summed E-state index contributed by atoms with van der Waals surface area (Å²) in [6, 6.07) is 0.436. The molecule has 0 spiro atoms. The van der Waals surface area contributed by atoms with Gasteiger partial charge in [-0.25, -0.2) is 22.8 Å². The largest absolute Gasteiger partial charge is 0.547 e. The van der Waals surface area contributed by atoms with Gasteiger partial charge in [-0.2, -0.15) is 0 Å². The number of nitrogens with one attached hydrogen (secondary N) is 2. The van der Waals surface area contributed by atoms with Crippen molar-refractivity contribution in [1.29, 1.82) is 0 Å². The fourth-order valence-corrected chi connectivity index (χ4v) is 4.80. The van der Waals surface area contributed by atoms with Crippen molar-refractivity contribution in [1.82, 2.24) is 20.4 Å². The predicted molar refractivity (Wildman–Crippen MR) is 136 cm³/mol. The quantitative estimate of drug-likeness (QED) is 0.223. The predicted octanol–water partition coefficient (Wildman–Crippen LogP) is 0.288. The molecule has 2 aliphatic rings. The van der Waals surface area contributed by atoms with Crippen molar-refractivity contribution in [2.45, 2.75) is 31.4 Å². The second-order valence-corrected chi connectivity index (χ2v) is 9.60. The van der Waals surface area contributed by atoms with Crippen LogP contribution in [0.1, 0.15) is 34.5 Å². The van der Waals surface area contributed by atoms with Gasteiger partial charge in [-0.05, 0) is 25.0 Å². The van der Waals surface area contributed by atoms with Gasteiger partial charge in [-0.15, -0.1) is 0 Å². The van der Waals surface area contributed by atoms with Crippen LogP contribution >= 0.6 is 0 Å². The van der Waals surface area contributed by atoms with Crippen LogP contribution < -0.4 is 15.3 Å². The fraction of sp³-hybridized carbons (Fsp3) is 0.320. The molecule has 222 valence electrons. The molecule has 17 heteroatoms. The molecule has 2 aromatic rings. The lowest BCUT2D eigenvalue weighted by Gasteiger charge is -2.37. The van der Waals surface area contributed by atoms with Crippen LogP contribution in [-0.2, 0) is 20.8 Å². The van der Waals surface area contributed by atoms with E-state index in [-0.39, 0.29) is 29.8 Å². The Bertz CT molecular complexity index is 1440. The number of carbonyl (C=O) groups is 5. The number of benzene rings is 2. The Morgan fingerprint density at radius 2 is 1.83 bits per heavy atom. The zero-order chi connectivity index (χ0) is 30.9. The average molecular weight is 592 g/mol. The molecule has 0 bridgehead atoms. The molecule has 0 radical (unpaired) electrons. The maximum Gasteiger partial charge on any atom is 0.547 e. The number of urea groups is 1. The first kappa shape index (κ1) is 30.2. The first-order valence-electron chi connectivity index (χ1n) is 12.5. The van der Waals surface area contributed by atoms with E-state index in [9.17, 15) is 52.4 Å². The molecule has 0 aliphatic carbocycles. The number of carbonyl (C=O) groups excluding carboxylic acids is 4. The Morgan fingerprint density at radius 1 is 1.17 bits per heavy atom. The number of carboxylic acid groups (broad SMARTS) is 1. The number of aromatic hydroxyl groups is 1. The second kappa shape index (κ2) is 12.0. The highest BCUT2D eigenvalue weighted by molar-refractivity contribution is 6.47. The summed E-state index contributed by atoms with van der Waals surface area (Å²) in [6.07, 6.45) is -0.189. The lowest BCUT2D eigenvalue weighted by molar-refractivity contribution is -0.156. The van der Waals surface area contributed by atoms with Gasteiger partial charge in [0, 0.05) is 25.2 Å². The van der Waals surface area contributed by atoms with Crippen LogP contribution in [0.3, 0.4) is 0 Å². The summed E-state index contributed by atoms with van der Waals surface area (Å²) in [4.78, 5) is 64.4. The van der Waals surface area contributed by atoms with E-state index < -0.39 is 91.0 Å². The van der Waals surface area contributed by atoms with Crippen molar-refractivity contribution in [2.75, 3.05) is 19.8 Å². The normalized spacial score (nSPS) is 19.1. The number of rotatable bonds is 7. The van der Waals surface area contributed by atoms with Gasteiger partial charge < -0.3 is 35.4 Å². The third-order valence-corrected chi connectivity index (χ3v) is 6.75. The summed E-state index contributed by atoms with van der Waals surface area (Å²) < 4.78 is 47.9. The van der Waals surface area contributed by atoms with Crippen LogP contribution in [0, 0.1) is 11.6 Å². The summed E-state index contributed by atoms with van der Waals surface area (Å²) >= 11 is 0. The first-order chi connectivity index (χ1) is 19.8. The Balaban J connectivity index is 1.63. The van der Waals surface area contributed by atoms with Crippen LogP contribution in [0.2, 0.25) is 0 Å². The average Bonchev–Trinajstić information content (AvgIpc) is 2.90. The van der Waals surface area contributed by atoms with Crippen molar-refractivity contribution in [2.24, 2.45) is 0 Å². The van der Waals surface area contributed by atoms with Gasteiger partial charge in [0.15, 0.2) is 0 Å². The Labute approximate surface area is 236 Å². The van der Waals surface area contributed by atoms with Crippen molar-refractivity contribution in [3.8, 4) is 11.5 Å². The highest BCUT2D eigenvalue weighted by Crippen LogP contribution is 2.31. The number of aromatic carboxylic acids is 1. The zero-order valence-electron chi connectivity index (χ0n) is 21.8. The van der Waals surface area contributed by atoms with Gasteiger partial charge in [0.05, 0.1) is 23.1 Å². The summed E-state index contributed by atoms with van der Waals surface area (Å²) in [7, 11) is -1.82. The number of imide groups is 1. The molecular weight excluding hydrogens is 568 g/mol. The number of amides is 5. The molecule has 2 aliphatic heterocycles. The Kier molecular flexibility index (Phi) is 8.60. The van der Waals surface area contributed by atoms with Crippen molar-refractivity contribution in [3.63, 3.8) is 0 Å². The smallest absolute Gasteiger partial charge is 0.534 e. The van der Waals surface area contributed by atoms with Crippen molar-refractivity contribution < 1.29 is 57.0 Å². The Hall–Kier alpha value is -4.80. The molecule has 5 N–H and O–H groups in total. The monoisotopic (exact) mass is 592 g/mol. The topological polar surface area (TPSA) is 186 Å². The van der Waals surface area contributed by atoms with Crippen LogP contribution in [0.15, 0.2) is 30.3 Å². The minimum atomic E-state index is -2.21. The van der Waals surface area contributed by atoms with E-state index in [4.69, 9.17) is 4.65 Å². The van der Waals surface area contributed by atoms with E-state index in [1.54, 1.807) is 0 Å². The van der Waals surface area contributed by atoms with E-state index >= 15 is 0 Å². The maximum absolute atomic E-state index is 14.9. The SMILES string of the molecule is CC1CN(CCF)C(=O)C(=O)N1C(=O)NC(C(=O)N[C@H]1Cc2cccc(C(=O)O)c2OB1O)c1c(F)cc(O)cc1F. The van der Waals surface area contributed by atoms with E-state index in [2.05, 4.69) is 5.32 Å². The van der Waals surface area contributed by atoms with Gasteiger partial charge in [-0.1, -0.05) is 12.1 Å². The molecule has 2 aromatic carbocycles. The van der Waals surface area contributed by atoms with Crippen molar-refractivity contribution >= 4 is 36.8 Å². The fourth-order valence-electron chi connectivity index (χ4n) is 4.80. The highest BCUT2D eigenvalue weighted by atomic mass is 19.1. The van der Waals surface area contributed by atoms with Gasteiger partial charge in [0.2, 0.25) is 5.91 Å². The molecule has 13 nitrogen and oxygen atoms in total. The summed E-state index contributed by atoms with van der Waals surface area (Å²) in [5, 5.41) is 33.8. The number of alkyl halides is 1. The minimum absolute atomic E-state index is 0.146. The van der Waals surface area contributed by atoms with Gasteiger partial charge in [-0.3, -0.25) is 19.3 Å². The lowest BCUT2D eigenvalue weighted by Crippen LogP contribution is -2.63.